The van der Waals surface area contributed by atoms with Gasteiger partial charge in [0.1, 0.15) is 5.75 Å². The number of hydrogen-bond donors (Lipinski definition) is 1. The van der Waals surface area contributed by atoms with Crippen LogP contribution < -0.4 is 15.1 Å². The number of hydrogen-bond acceptors (Lipinski definition) is 6. The molecule has 0 saturated heterocycles. The van der Waals surface area contributed by atoms with Crippen molar-refractivity contribution in [1.29, 1.82) is 0 Å². The zero-order chi connectivity index (χ0) is 24.0. The Morgan fingerprint density at radius 3 is 2.52 bits per heavy atom. The summed E-state index contributed by atoms with van der Waals surface area (Å²) in [6.45, 7) is -0.250. The largest absolute Gasteiger partial charge is 0.481 e. The molecule has 1 aliphatic carbocycles. The van der Waals surface area contributed by atoms with E-state index in [0.29, 0.717) is 26.3 Å². The topological polar surface area (TPSA) is 97.1 Å². The summed E-state index contributed by atoms with van der Waals surface area (Å²) in [5.74, 6) is 0.0352. The molecule has 1 aliphatic rings. The summed E-state index contributed by atoms with van der Waals surface area (Å²) in [5.41, 5.74) is 3.80. The number of nitrogens with one attached hydrogen (secondary N) is 1. The van der Waals surface area contributed by atoms with E-state index in [2.05, 4.69) is 63.2 Å². The third kappa shape index (κ3) is 7.00. The van der Waals surface area contributed by atoms with Crippen LogP contribution in [0.2, 0.25) is 0 Å². The summed E-state index contributed by atoms with van der Waals surface area (Å²) < 4.78 is 7.81. The molecule has 2 aromatic rings. The molecule has 0 heterocycles. The van der Waals surface area contributed by atoms with Crippen molar-refractivity contribution in [3.8, 4) is 5.75 Å². The standard InChI is InChI=1S/C22H23Br3N4O4/c1-28(16-5-3-2-4-6-16)20-8-7-17(29(31)32)9-14(20)12-26-27-21(30)13-33-22-18(24)10-15(23)11-19(22)25/h7-12,16H,2-6,13H2,1H3,(H,27,30)/b26-12+. The minimum Gasteiger partial charge on any atom is -0.481 e. The number of carbonyl (C=O) groups is 1. The van der Waals surface area contributed by atoms with Gasteiger partial charge in [-0.1, -0.05) is 35.2 Å². The maximum atomic E-state index is 12.2. The lowest BCUT2D eigenvalue weighted by Crippen LogP contribution is -2.34. The number of nitrogens with zero attached hydrogens (tertiary/aromatic N) is 3. The molecule has 0 radical (unpaired) electrons. The van der Waals surface area contributed by atoms with E-state index < -0.39 is 10.8 Å². The van der Waals surface area contributed by atoms with Crippen molar-refractivity contribution in [2.75, 3.05) is 18.6 Å². The molecule has 0 aromatic heterocycles. The van der Waals surface area contributed by atoms with Crippen LogP contribution in [0.15, 0.2) is 48.9 Å². The van der Waals surface area contributed by atoms with Crippen LogP contribution in [0.1, 0.15) is 37.7 Å². The van der Waals surface area contributed by atoms with Gasteiger partial charge in [0.05, 0.1) is 20.1 Å². The van der Waals surface area contributed by atoms with Crippen molar-refractivity contribution in [1.82, 2.24) is 5.43 Å². The van der Waals surface area contributed by atoms with Gasteiger partial charge in [-0.2, -0.15) is 5.10 Å². The zero-order valence-electron chi connectivity index (χ0n) is 17.9. The number of hydrazone groups is 1. The van der Waals surface area contributed by atoms with E-state index in [1.165, 1.54) is 37.6 Å². The molecule has 176 valence electrons. The highest BCUT2D eigenvalue weighted by Gasteiger charge is 2.21. The first kappa shape index (κ1) is 25.6. The van der Waals surface area contributed by atoms with Crippen molar-refractivity contribution in [3.63, 3.8) is 0 Å². The molecular formula is C22H23Br3N4O4. The van der Waals surface area contributed by atoms with E-state index in [1.54, 1.807) is 6.07 Å². The summed E-state index contributed by atoms with van der Waals surface area (Å²) in [7, 11) is 1.99. The normalized spacial score (nSPS) is 14.3. The van der Waals surface area contributed by atoms with Crippen LogP contribution >= 0.6 is 47.8 Å². The van der Waals surface area contributed by atoms with Gasteiger partial charge in [0.15, 0.2) is 6.61 Å². The predicted molar refractivity (Wildman–Crippen MR) is 139 cm³/mol. The number of benzene rings is 2. The van der Waals surface area contributed by atoms with Crippen LogP contribution in [0.4, 0.5) is 11.4 Å². The molecule has 8 nitrogen and oxygen atoms in total. The van der Waals surface area contributed by atoms with Gasteiger partial charge in [-0.05, 0) is 62.9 Å². The van der Waals surface area contributed by atoms with E-state index >= 15 is 0 Å². The Balaban J connectivity index is 1.69. The lowest BCUT2D eigenvalue weighted by Gasteiger charge is -2.33. The molecule has 0 bridgehead atoms. The second kappa shape index (κ2) is 11.9. The van der Waals surface area contributed by atoms with Crippen molar-refractivity contribution in [2.24, 2.45) is 5.10 Å². The Labute approximate surface area is 217 Å². The second-order valence-electron chi connectivity index (χ2n) is 7.68. The number of carbonyl (C=O) groups excluding carboxylic acids is 1. The van der Waals surface area contributed by atoms with Gasteiger partial charge in [-0.3, -0.25) is 14.9 Å². The molecule has 33 heavy (non-hydrogen) atoms. The van der Waals surface area contributed by atoms with Crippen LogP contribution in [0, 0.1) is 10.1 Å². The number of non-ortho nitro benzene ring substituents is 1. The van der Waals surface area contributed by atoms with E-state index in [-0.39, 0.29) is 12.3 Å². The van der Waals surface area contributed by atoms with Crippen LogP contribution in [0.3, 0.4) is 0 Å². The summed E-state index contributed by atoms with van der Waals surface area (Å²) >= 11 is 10.2. The molecule has 0 aliphatic heterocycles. The zero-order valence-corrected chi connectivity index (χ0v) is 22.7. The highest BCUT2D eigenvalue weighted by atomic mass is 79.9. The van der Waals surface area contributed by atoms with E-state index in [9.17, 15) is 14.9 Å². The first-order valence-corrected chi connectivity index (χ1v) is 12.7. The molecule has 1 saturated carbocycles. The summed E-state index contributed by atoms with van der Waals surface area (Å²) in [6.07, 6.45) is 7.18. The molecule has 3 rings (SSSR count). The lowest BCUT2D eigenvalue weighted by molar-refractivity contribution is -0.384. The van der Waals surface area contributed by atoms with Crippen LogP contribution in [-0.4, -0.2) is 36.7 Å². The van der Waals surface area contributed by atoms with E-state index in [0.717, 1.165) is 23.0 Å². The third-order valence-electron chi connectivity index (χ3n) is 5.43. The smallest absolute Gasteiger partial charge is 0.277 e. The molecule has 1 N–H and O–H groups in total. The molecule has 11 heteroatoms. The molecule has 0 atom stereocenters. The quantitative estimate of drug-likeness (QED) is 0.210. The van der Waals surface area contributed by atoms with Crippen molar-refractivity contribution in [3.05, 3.63) is 59.4 Å². The maximum absolute atomic E-state index is 12.2. The van der Waals surface area contributed by atoms with Gasteiger partial charge < -0.3 is 9.64 Å². The average molecular weight is 647 g/mol. The predicted octanol–water partition coefficient (Wildman–Crippen LogP) is 6.18. The first-order chi connectivity index (χ1) is 15.8. The lowest BCUT2D eigenvalue weighted by atomic mass is 9.94. The Morgan fingerprint density at radius 2 is 1.88 bits per heavy atom. The fraction of sp³-hybridized carbons (Fsp3) is 0.364. The van der Waals surface area contributed by atoms with Gasteiger partial charge in [0.2, 0.25) is 0 Å². The molecule has 0 spiro atoms. The van der Waals surface area contributed by atoms with Gasteiger partial charge in [-0.25, -0.2) is 5.43 Å². The third-order valence-corrected chi connectivity index (χ3v) is 7.06. The number of anilines is 1. The Kier molecular flexibility index (Phi) is 9.27. The number of nitro benzene ring substituents is 1. The fourth-order valence-corrected chi connectivity index (χ4v) is 6.24. The van der Waals surface area contributed by atoms with Crippen LogP contribution in [0.25, 0.3) is 0 Å². The average Bonchev–Trinajstić information content (AvgIpc) is 2.78. The molecule has 1 fully saturated rings. The van der Waals surface area contributed by atoms with Crippen LogP contribution in [-0.2, 0) is 4.79 Å². The van der Waals surface area contributed by atoms with Crippen molar-refractivity contribution in [2.45, 2.75) is 38.1 Å². The Bertz CT molecular complexity index is 1030. The van der Waals surface area contributed by atoms with Crippen LogP contribution in [0.5, 0.6) is 5.75 Å². The monoisotopic (exact) mass is 644 g/mol. The van der Waals surface area contributed by atoms with Gasteiger partial charge in [0.25, 0.3) is 11.6 Å². The van der Waals surface area contributed by atoms with Crippen molar-refractivity contribution < 1.29 is 14.5 Å². The van der Waals surface area contributed by atoms with E-state index in [1.807, 2.05) is 19.2 Å². The fourth-order valence-electron chi connectivity index (χ4n) is 3.76. The second-order valence-corrected chi connectivity index (χ2v) is 10.3. The molecule has 1 amide bonds. The number of rotatable bonds is 8. The summed E-state index contributed by atoms with van der Waals surface area (Å²) in [6, 6.07) is 8.69. The summed E-state index contributed by atoms with van der Waals surface area (Å²) in [4.78, 5) is 25.2. The minimum absolute atomic E-state index is 0.0307. The van der Waals surface area contributed by atoms with Gasteiger partial charge in [-0.15, -0.1) is 0 Å². The van der Waals surface area contributed by atoms with Gasteiger partial charge in [0, 0.05) is 40.9 Å². The number of halogens is 3. The van der Waals surface area contributed by atoms with Gasteiger partial charge >= 0.3 is 0 Å². The molecule has 0 unspecified atom stereocenters. The first-order valence-electron chi connectivity index (χ1n) is 10.4. The maximum Gasteiger partial charge on any atom is 0.277 e. The van der Waals surface area contributed by atoms with E-state index in [4.69, 9.17) is 4.74 Å². The number of nitro groups is 1. The summed E-state index contributed by atoms with van der Waals surface area (Å²) in [5, 5.41) is 15.3. The Hall–Kier alpha value is -1.98. The van der Waals surface area contributed by atoms with Crippen molar-refractivity contribution >= 4 is 71.3 Å². The number of ether oxygens (including phenoxy) is 1. The minimum atomic E-state index is -0.458. The molecular weight excluding hydrogens is 624 g/mol. The number of amides is 1. The Morgan fingerprint density at radius 1 is 1.21 bits per heavy atom. The highest BCUT2D eigenvalue weighted by molar-refractivity contribution is 9.11. The SMILES string of the molecule is CN(c1ccc([N+](=O)[O-])cc1/C=N/NC(=O)COc1c(Br)cc(Br)cc1Br)C1CCCCC1. The molecule has 2 aromatic carbocycles. The highest BCUT2D eigenvalue weighted by Crippen LogP contribution is 2.36.